The molecular weight excluding hydrogens is 314 g/mol. The van der Waals surface area contributed by atoms with Gasteiger partial charge in [0.1, 0.15) is 0 Å². The lowest BCUT2D eigenvalue weighted by molar-refractivity contribution is -0.121. The largest absolute Gasteiger partial charge is 0.504 e. The number of fused-ring (bicyclic) bond motifs is 1. The Bertz CT molecular complexity index is 835. The fourth-order valence-electron chi connectivity index (χ4n) is 2.89. The first-order valence-corrected chi connectivity index (χ1v) is 7.83. The summed E-state index contributed by atoms with van der Waals surface area (Å²) < 4.78 is 10.5. The minimum Gasteiger partial charge on any atom is -0.504 e. The van der Waals surface area contributed by atoms with Crippen LogP contribution in [-0.4, -0.2) is 35.4 Å². The SMILES string of the molecule is Cc1c(CC(=O)NCC2CCCO2)c(=O)oc2c(O)c(O)ccc12. The quantitative estimate of drug-likeness (QED) is 0.576. The van der Waals surface area contributed by atoms with Gasteiger partial charge in [0.05, 0.1) is 18.1 Å². The van der Waals surface area contributed by atoms with Crippen LogP contribution in [-0.2, 0) is 16.0 Å². The van der Waals surface area contributed by atoms with Crippen molar-refractivity contribution in [1.29, 1.82) is 0 Å². The first-order valence-electron chi connectivity index (χ1n) is 7.83. The van der Waals surface area contributed by atoms with Crippen LogP contribution in [0.2, 0.25) is 0 Å². The molecule has 2 aromatic rings. The molecule has 3 rings (SSSR count). The van der Waals surface area contributed by atoms with Gasteiger partial charge in [-0.05, 0) is 37.5 Å². The summed E-state index contributed by atoms with van der Waals surface area (Å²) in [6.45, 7) is 2.81. The average molecular weight is 333 g/mol. The molecule has 2 heterocycles. The number of carbonyl (C=O) groups is 1. The molecule has 1 aliphatic heterocycles. The van der Waals surface area contributed by atoms with E-state index >= 15 is 0 Å². The average Bonchev–Trinajstić information content (AvgIpc) is 3.07. The number of aromatic hydroxyl groups is 2. The molecular formula is C17H19NO6. The summed E-state index contributed by atoms with van der Waals surface area (Å²) in [5.41, 5.74) is -0.00423. The minimum absolute atomic E-state index is 0.0305. The van der Waals surface area contributed by atoms with E-state index < -0.39 is 11.4 Å². The van der Waals surface area contributed by atoms with Crippen molar-refractivity contribution in [2.45, 2.75) is 32.3 Å². The van der Waals surface area contributed by atoms with Crippen LogP contribution in [0.25, 0.3) is 11.0 Å². The molecule has 1 saturated heterocycles. The van der Waals surface area contributed by atoms with Crippen molar-refractivity contribution in [3.8, 4) is 11.5 Å². The van der Waals surface area contributed by atoms with E-state index in [1.54, 1.807) is 6.92 Å². The van der Waals surface area contributed by atoms with Crippen molar-refractivity contribution < 1.29 is 24.2 Å². The normalized spacial score (nSPS) is 17.3. The smallest absolute Gasteiger partial charge is 0.340 e. The summed E-state index contributed by atoms with van der Waals surface area (Å²) in [4.78, 5) is 24.2. The van der Waals surface area contributed by atoms with Crippen molar-refractivity contribution in [3.05, 3.63) is 33.7 Å². The standard InChI is InChI=1S/C17H19NO6/c1-9-11-4-5-13(19)15(21)16(11)24-17(22)12(9)7-14(20)18-8-10-3-2-6-23-10/h4-5,10,19,21H,2-3,6-8H2,1H3,(H,18,20). The topological polar surface area (TPSA) is 109 Å². The highest BCUT2D eigenvalue weighted by atomic mass is 16.5. The number of ether oxygens (including phenoxy) is 1. The predicted octanol–water partition coefficient (Wildman–Crippen LogP) is 1.35. The van der Waals surface area contributed by atoms with Crippen molar-refractivity contribution in [1.82, 2.24) is 5.32 Å². The molecule has 24 heavy (non-hydrogen) atoms. The Hall–Kier alpha value is -2.54. The highest BCUT2D eigenvalue weighted by molar-refractivity contribution is 5.89. The van der Waals surface area contributed by atoms with Gasteiger partial charge in [0, 0.05) is 18.5 Å². The summed E-state index contributed by atoms with van der Waals surface area (Å²) in [5.74, 6) is -1.14. The third kappa shape index (κ3) is 3.07. The molecule has 0 aliphatic carbocycles. The number of rotatable bonds is 4. The molecule has 0 saturated carbocycles. The van der Waals surface area contributed by atoms with Crippen LogP contribution in [0.3, 0.4) is 0 Å². The number of carbonyl (C=O) groups excluding carboxylic acids is 1. The van der Waals surface area contributed by atoms with Crippen molar-refractivity contribution in [2.24, 2.45) is 0 Å². The number of phenols is 2. The molecule has 1 amide bonds. The Morgan fingerprint density at radius 3 is 2.88 bits per heavy atom. The van der Waals surface area contributed by atoms with Crippen LogP contribution in [0.15, 0.2) is 21.3 Å². The monoisotopic (exact) mass is 333 g/mol. The van der Waals surface area contributed by atoms with Crippen LogP contribution in [0.4, 0.5) is 0 Å². The Kier molecular flexibility index (Phi) is 4.44. The van der Waals surface area contributed by atoms with E-state index in [1.165, 1.54) is 12.1 Å². The van der Waals surface area contributed by atoms with Gasteiger partial charge in [0.2, 0.25) is 11.7 Å². The van der Waals surface area contributed by atoms with Crippen molar-refractivity contribution in [3.63, 3.8) is 0 Å². The molecule has 3 N–H and O–H groups in total. The summed E-state index contributed by atoms with van der Waals surface area (Å²) in [5, 5.41) is 22.5. The highest BCUT2D eigenvalue weighted by Gasteiger charge is 2.20. The molecule has 7 nitrogen and oxygen atoms in total. The summed E-state index contributed by atoms with van der Waals surface area (Å²) in [7, 11) is 0. The molecule has 1 fully saturated rings. The van der Waals surface area contributed by atoms with Gasteiger partial charge in [-0.3, -0.25) is 4.79 Å². The molecule has 128 valence electrons. The first kappa shape index (κ1) is 16.3. The Morgan fingerprint density at radius 1 is 1.38 bits per heavy atom. The van der Waals surface area contributed by atoms with Crippen LogP contribution >= 0.6 is 0 Å². The maximum absolute atomic E-state index is 12.1. The third-order valence-electron chi connectivity index (χ3n) is 4.30. The fourth-order valence-corrected chi connectivity index (χ4v) is 2.89. The van der Waals surface area contributed by atoms with Gasteiger partial charge in [-0.15, -0.1) is 0 Å². The zero-order valence-electron chi connectivity index (χ0n) is 13.3. The van der Waals surface area contributed by atoms with Gasteiger partial charge in [-0.2, -0.15) is 0 Å². The molecule has 0 spiro atoms. The highest BCUT2D eigenvalue weighted by Crippen LogP contribution is 2.34. The second-order valence-corrected chi connectivity index (χ2v) is 5.92. The minimum atomic E-state index is -0.701. The van der Waals surface area contributed by atoms with E-state index in [9.17, 15) is 19.8 Å². The van der Waals surface area contributed by atoms with Crippen LogP contribution in [0.5, 0.6) is 11.5 Å². The number of amides is 1. The maximum atomic E-state index is 12.1. The number of nitrogens with one attached hydrogen (secondary N) is 1. The van der Waals surface area contributed by atoms with E-state index in [1.807, 2.05) is 0 Å². The second-order valence-electron chi connectivity index (χ2n) is 5.92. The summed E-state index contributed by atoms with van der Waals surface area (Å²) >= 11 is 0. The Labute approximate surface area is 137 Å². The van der Waals surface area contributed by atoms with Crippen molar-refractivity contribution >= 4 is 16.9 Å². The number of hydrogen-bond donors (Lipinski definition) is 3. The van der Waals surface area contributed by atoms with E-state index in [2.05, 4.69) is 5.32 Å². The lowest BCUT2D eigenvalue weighted by Crippen LogP contribution is -2.34. The first-order chi connectivity index (χ1) is 11.5. The second kappa shape index (κ2) is 6.52. The summed E-state index contributed by atoms with van der Waals surface area (Å²) in [6.07, 6.45) is 1.83. The van der Waals surface area contributed by atoms with Gasteiger partial charge >= 0.3 is 5.63 Å². The molecule has 1 atom stereocenters. The molecule has 0 bridgehead atoms. The van der Waals surface area contributed by atoms with Crippen molar-refractivity contribution in [2.75, 3.05) is 13.2 Å². The molecule has 7 heteroatoms. The van der Waals surface area contributed by atoms with Gasteiger partial charge in [0.25, 0.3) is 0 Å². The fraction of sp³-hybridized carbons (Fsp3) is 0.412. The van der Waals surface area contributed by atoms with Gasteiger partial charge in [-0.25, -0.2) is 4.79 Å². The maximum Gasteiger partial charge on any atom is 0.340 e. The van der Waals surface area contributed by atoms with Crippen LogP contribution < -0.4 is 10.9 Å². The number of phenolic OH excluding ortho intramolecular Hbond substituents is 2. The Morgan fingerprint density at radius 2 is 2.17 bits per heavy atom. The predicted molar refractivity (Wildman–Crippen MR) is 86.2 cm³/mol. The van der Waals surface area contributed by atoms with E-state index in [0.717, 1.165) is 12.8 Å². The van der Waals surface area contributed by atoms with Gasteiger partial charge in [-0.1, -0.05) is 0 Å². The number of hydrogen-bond acceptors (Lipinski definition) is 6. The van der Waals surface area contributed by atoms with Gasteiger partial charge in [0.15, 0.2) is 11.3 Å². The van der Waals surface area contributed by atoms with Gasteiger partial charge < -0.3 is 24.7 Å². The zero-order valence-corrected chi connectivity index (χ0v) is 13.3. The number of benzene rings is 1. The van der Waals surface area contributed by atoms with E-state index in [-0.39, 0.29) is 35.3 Å². The molecule has 1 aromatic heterocycles. The third-order valence-corrected chi connectivity index (χ3v) is 4.30. The number of aryl methyl sites for hydroxylation is 1. The van der Waals surface area contributed by atoms with E-state index in [4.69, 9.17) is 9.15 Å². The molecule has 0 radical (unpaired) electrons. The lowest BCUT2D eigenvalue weighted by atomic mass is 10.0. The Balaban J connectivity index is 1.82. The van der Waals surface area contributed by atoms with Crippen LogP contribution in [0.1, 0.15) is 24.0 Å². The summed E-state index contributed by atoms with van der Waals surface area (Å²) in [6, 6.07) is 2.85. The lowest BCUT2D eigenvalue weighted by Gasteiger charge is -2.12. The molecule has 1 aromatic carbocycles. The van der Waals surface area contributed by atoms with Crippen LogP contribution in [0, 0.1) is 6.92 Å². The molecule has 1 aliphatic rings. The molecule has 1 unspecified atom stereocenters. The van der Waals surface area contributed by atoms with E-state index in [0.29, 0.717) is 24.1 Å². The zero-order chi connectivity index (χ0) is 17.3.